The molecule has 5 nitrogen and oxygen atoms in total. The van der Waals surface area contributed by atoms with Crippen molar-refractivity contribution in [2.45, 2.75) is 19.3 Å². The van der Waals surface area contributed by atoms with Gasteiger partial charge in [0.2, 0.25) is 0 Å². The van der Waals surface area contributed by atoms with E-state index in [2.05, 4.69) is 4.98 Å². The molecule has 1 atom stereocenters. The average Bonchev–Trinajstić information content (AvgIpc) is 2.41. The van der Waals surface area contributed by atoms with E-state index in [1.54, 1.807) is 4.90 Å². The summed E-state index contributed by atoms with van der Waals surface area (Å²) in [6.45, 7) is 1.55. The van der Waals surface area contributed by atoms with Crippen molar-refractivity contribution >= 4 is 23.2 Å². The van der Waals surface area contributed by atoms with Gasteiger partial charge in [-0.3, -0.25) is 4.79 Å². The first-order valence-corrected chi connectivity index (χ1v) is 6.80. The maximum absolute atomic E-state index is 12.4. The van der Waals surface area contributed by atoms with Crippen LogP contribution in [-0.2, 0) is 0 Å². The Balaban J connectivity index is 2.12. The fourth-order valence-electron chi connectivity index (χ4n) is 2.46. The normalized spacial score (nSPS) is 19.5. The number of likely N-dealkylation sites (tertiary alicyclic amines) is 1. The van der Waals surface area contributed by atoms with E-state index in [4.69, 9.17) is 22.4 Å². The molecule has 1 aliphatic rings. The van der Waals surface area contributed by atoms with Crippen LogP contribution in [0.25, 0.3) is 0 Å². The van der Waals surface area contributed by atoms with Crippen LogP contribution in [0, 0.1) is 5.92 Å². The van der Waals surface area contributed by atoms with E-state index >= 15 is 0 Å². The lowest BCUT2D eigenvalue weighted by Gasteiger charge is -2.32. The van der Waals surface area contributed by atoms with Crippen molar-refractivity contribution in [1.82, 2.24) is 9.88 Å². The number of piperidine rings is 1. The highest BCUT2D eigenvalue weighted by molar-refractivity contribution is 6.29. The summed E-state index contributed by atoms with van der Waals surface area (Å²) in [5, 5.41) is 9.26. The number of aromatic nitrogens is 1. The quantitative estimate of drug-likeness (QED) is 0.825. The highest BCUT2D eigenvalue weighted by atomic mass is 35.5. The summed E-state index contributed by atoms with van der Waals surface area (Å²) in [5.41, 5.74) is 6.53. The summed E-state index contributed by atoms with van der Waals surface area (Å²) in [6.07, 6.45) is 4.15. The van der Waals surface area contributed by atoms with E-state index < -0.39 is 0 Å². The number of carbonyl (C=O) groups excluding carboxylic acids is 1. The smallest absolute Gasteiger partial charge is 0.256 e. The number of amides is 1. The zero-order valence-corrected chi connectivity index (χ0v) is 11.4. The fraction of sp³-hybridized carbons (Fsp3) is 0.538. The van der Waals surface area contributed by atoms with E-state index in [1.807, 2.05) is 0 Å². The zero-order valence-electron chi connectivity index (χ0n) is 10.7. The van der Waals surface area contributed by atoms with Crippen molar-refractivity contribution < 1.29 is 9.90 Å². The van der Waals surface area contributed by atoms with Gasteiger partial charge in [0, 0.05) is 19.7 Å². The predicted molar refractivity (Wildman–Crippen MR) is 74.0 cm³/mol. The third kappa shape index (κ3) is 3.36. The molecule has 1 unspecified atom stereocenters. The molecular formula is C13H18ClN3O2. The lowest BCUT2D eigenvalue weighted by atomic mass is 9.94. The Bertz CT molecular complexity index is 465. The predicted octanol–water partition coefficient (Wildman–Crippen LogP) is 1.55. The van der Waals surface area contributed by atoms with E-state index in [0.29, 0.717) is 23.7 Å². The van der Waals surface area contributed by atoms with Crippen molar-refractivity contribution in [2.75, 3.05) is 25.4 Å². The number of pyridine rings is 1. The lowest BCUT2D eigenvalue weighted by Crippen LogP contribution is -2.40. The van der Waals surface area contributed by atoms with Crippen LogP contribution in [-0.4, -0.2) is 40.6 Å². The third-order valence-electron chi connectivity index (χ3n) is 3.48. The maximum atomic E-state index is 12.4. The van der Waals surface area contributed by atoms with Crippen LogP contribution in [0.3, 0.4) is 0 Å². The molecule has 0 bridgehead atoms. The second-order valence-corrected chi connectivity index (χ2v) is 5.25. The minimum atomic E-state index is -0.107. The summed E-state index contributed by atoms with van der Waals surface area (Å²) >= 11 is 5.81. The van der Waals surface area contributed by atoms with Gasteiger partial charge in [0.05, 0.1) is 17.4 Å². The topological polar surface area (TPSA) is 79.5 Å². The molecule has 2 heterocycles. The van der Waals surface area contributed by atoms with Gasteiger partial charge in [-0.1, -0.05) is 11.6 Å². The zero-order chi connectivity index (χ0) is 13.8. The monoisotopic (exact) mass is 283 g/mol. The number of aliphatic hydroxyl groups is 1. The van der Waals surface area contributed by atoms with Gasteiger partial charge in [-0.2, -0.15) is 0 Å². The lowest BCUT2D eigenvalue weighted by molar-refractivity contribution is 0.0654. The summed E-state index contributed by atoms with van der Waals surface area (Å²) < 4.78 is 0. The highest BCUT2D eigenvalue weighted by Gasteiger charge is 2.25. The van der Waals surface area contributed by atoms with Gasteiger partial charge >= 0.3 is 0 Å². The summed E-state index contributed by atoms with van der Waals surface area (Å²) in [6, 6.07) is 1.51. The number of anilines is 1. The van der Waals surface area contributed by atoms with Crippen LogP contribution in [0.5, 0.6) is 0 Å². The number of aliphatic hydroxyl groups excluding tert-OH is 1. The molecule has 1 aromatic heterocycles. The molecule has 0 aliphatic carbocycles. The van der Waals surface area contributed by atoms with E-state index in [0.717, 1.165) is 25.8 Å². The first-order chi connectivity index (χ1) is 9.11. The largest absolute Gasteiger partial charge is 0.397 e. The summed E-state index contributed by atoms with van der Waals surface area (Å²) in [5.74, 6) is 0.255. The van der Waals surface area contributed by atoms with Crippen molar-refractivity contribution in [3.05, 3.63) is 23.0 Å². The van der Waals surface area contributed by atoms with Crippen LogP contribution in [0.2, 0.25) is 5.15 Å². The molecule has 104 valence electrons. The van der Waals surface area contributed by atoms with Gasteiger partial charge < -0.3 is 15.7 Å². The number of nitrogen functional groups attached to an aromatic ring is 1. The number of hydrogen-bond acceptors (Lipinski definition) is 4. The molecule has 1 saturated heterocycles. The number of rotatable bonds is 3. The van der Waals surface area contributed by atoms with Crippen LogP contribution < -0.4 is 5.73 Å². The minimum Gasteiger partial charge on any atom is -0.397 e. The Morgan fingerprint density at radius 1 is 1.63 bits per heavy atom. The first-order valence-electron chi connectivity index (χ1n) is 6.43. The minimum absolute atomic E-state index is 0.107. The molecule has 1 aliphatic heterocycles. The molecule has 3 N–H and O–H groups in total. The number of nitrogens with zero attached hydrogens (tertiary/aromatic N) is 2. The van der Waals surface area contributed by atoms with Crippen molar-refractivity contribution in [3.63, 3.8) is 0 Å². The molecule has 6 heteroatoms. The van der Waals surface area contributed by atoms with Crippen molar-refractivity contribution in [2.24, 2.45) is 5.92 Å². The Morgan fingerprint density at radius 2 is 2.42 bits per heavy atom. The molecule has 0 saturated carbocycles. The van der Waals surface area contributed by atoms with E-state index in [-0.39, 0.29) is 17.7 Å². The molecule has 1 aromatic rings. The molecule has 0 aromatic carbocycles. The fourth-order valence-corrected chi connectivity index (χ4v) is 2.62. The SMILES string of the molecule is Nc1cnc(Cl)cc1C(=O)N1CCCC(CCO)C1. The molecule has 19 heavy (non-hydrogen) atoms. The number of carbonyl (C=O) groups is 1. The van der Waals surface area contributed by atoms with Crippen LogP contribution >= 0.6 is 11.6 Å². The van der Waals surface area contributed by atoms with Gasteiger partial charge in [0.15, 0.2) is 0 Å². The third-order valence-corrected chi connectivity index (χ3v) is 3.68. The van der Waals surface area contributed by atoms with Gasteiger partial charge in [-0.15, -0.1) is 0 Å². The average molecular weight is 284 g/mol. The highest BCUT2D eigenvalue weighted by Crippen LogP contribution is 2.23. The molecule has 0 radical (unpaired) electrons. The Morgan fingerprint density at radius 3 is 3.16 bits per heavy atom. The Labute approximate surface area is 117 Å². The molecular weight excluding hydrogens is 266 g/mol. The first kappa shape index (κ1) is 14.1. The summed E-state index contributed by atoms with van der Waals surface area (Å²) in [7, 11) is 0. The standard InChI is InChI=1S/C13H18ClN3O2/c14-12-6-10(11(15)7-16-12)13(19)17-4-1-2-9(8-17)3-5-18/h6-7,9,18H,1-5,8,15H2. The van der Waals surface area contributed by atoms with Gasteiger partial charge in [0.1, 0.15) is 5.15 Å². The molecule has 0 spiro atoms. The van der Waals surface area contributed by atoms with Crippen LogP contribution in [0.1, 0.15) is 29.6 Å². The Kier molecular flexibility index (Phi) is 4.61. The number of halogens is 1. The van der Waals surface area contributed by atoms with Gasteiger partial charge in [-0.25, -0.2) is 4.98 Å². The molecule has 1 fully saturated rings. The van der Waals surface area contributed by atoms with Crippen LogP contribution in [0.4, 0.5) is 5.69 Å². The van der Waals surface area contributed by atoms with Crippen LogP contribution in [0.15, 0.2) is 12.3 Å². The second kappa shape index (κ2) is 6.21. The summed E-state index contributed by atoms with van der Waals surface area (Å²) in [4.78, 5) is 18.1. The molecule has 2 rings (SSSR count). The molecule has 1 amide bonds. The maximum Gasteiger partial charge on any atom is 0.256 e. The van der Waals surface area contributed by atoms with E-state index in [1.165, 1.54) is 12.3 Å². The van der Waals surface area contributed by atoms with Gasteiger partial charge in [-0.05, 0) is 31.2 Å². The number of nitrogens with two attached hydrogens (primary N) is 1. The van der Waals surface area contributed by atoms with E-state index in [9.17, 15) is 4.79 Å². The van der Waals surface area contributed by atoms with Crippen molar-refractivity contribution in [1.29, 1.82) is 0 Å². The van der Waals surface area contributed by atoms with Crippen molar-refractivity contribution in [3.8, 4) is 0 Å². The second-order valence-electron chi connectivity index (χ2n) is 4.87. The van der Waals surface area contributed by atoms with Gasteiger partial charge in [0.25, 0.3) is 5.91 Å². The number of hydrogen-bond donors (Lipinski definition) is 2. The Hall–Kier alpha value is -1.33.